The Bertz CT molecular complexity index is 1520. The van der Waals surface area contributed by atoms with Gasteiger partial charge >= 0.3 is 6.18 Å². The van der Waals surface area contributed by atoms with E-state index in [0.717, 1.165) is 48.5 Å². The maximum atomic E-state index is 13.4. The number of hydrogen-bond donors (Lipinski definition) is 1. The fraction of sp³-hybridized carbons (Fsp3) is 0.385. The molecule has 8 nitrogen and oxygen atoms in total. The molecule has 4 aliphatic rings. The van der Waals surface area contributed by atoms with E-state index in [-0.39, 0.29) is 29.3 Å². The third kappa shape index (κ3) is 4.78. The number of sulfonamides is 1. The lowest BCUT2D eigenvalue weighted by Gasteiger charge is -2.25. The normalized spacial score (nSPS) is 22.9. The molecule has 4 heterocycles. The van der Waals surface area contributed by atoms with Crippen LogP contribution in [-0.4, -0.2) is 45.7 Å². The number of nitrogens with zero attached hydrogens (tertiary/aromatic N) is 4. The summed E-state index contributed by atoms with van der Waals surface area (Å²) in [5.74, 6) is -2.06. The van der Waals surface area contributed by atoms with Gasteiger partial charge in [-0.2, -0.15) is 17.5 Å². The van der Waals surface area contributed by atoms with Crippen LogP contribution in [0.2, 0.25) is 0 Å². The summed E-state index contributed by atoms with van der Waals surface area (Å²) < 4.78 is 79.8. The van der Waals surface area contributed by atoms with Crippen molar-refractivity contribution in [1.82, 2.24) is 24.6 Å². The van der Waals surface area contributed by atoms with Gasteiger partial charge in [-0.3, -0.25) is 9.78 Å². The van der Waals surface area contributed by atoms with Gasteiger partial charge in [0.05, 0.1) is 10.6 Å². The van der Waals surface area contributed by atoms with Crippen LogP contribution in [0.15, 0.2) is 53.8 Å². The van der Waals surface area contributed by atoms with Crippen LogP contribution in [0, 0.1) is 11.7 Å². The van der Waals surface area contributed by atoms with Gasteiger partial charge in [-0.15, -0.1) is 0 Å². The molecular weight excluding hydrogens is 538 g/mol. The summed E-state index contributed by atoms with van der Waals surface area (Å²) in [6.07, 6.45) is 2.20. The van der Waals surface area contributed by atoms with E-state index in [9.17, 15) is 30.8 Å². The van der Waals surface area contributed by atoms with Crippen LogP contribution < -0.4 is 5.32 Å². The minimum absolute atomic E-state index is 0.0668. The molecule has 1 amide bonds. The van der Waals surface area contributed by atoms with E-state index in [1.165, 1.54) is 16.4 Å². The van der Waals surface area contributed by atoms with Gasteiger partial charge in [-0.1, -0.05) is 0 Å². The third-order valence-electron chi connectivity index (χ3n) is 7.58. The van der Waals surface area contributed by atoms with Crippen LogP contribution in [0.3, 0.4) is 0 Å². The van der Waals surface area contributed by atoms with Crippen LogP contribution in [0.5, 0.6) is 0 Å². The zero-order valence-corrected chi connectivity index (χ0v) is 21.2. The molecule has 2 saturated carbocycles. The molecule has 1 atom stereocenters. The highest BCUT2D eigenvalue weighted by Crippen LogP contribution is 2.48. The van der Waals surface area contributed by atoms with Crippen molar-refractivity contribution in [1.29, 1.82) is 0 Å². The number of carbonyl (C=O) groups is 1. The van der Waals surface area contributed by atoms with Crippen LogP contribution in [0.4, 0.5) is 17.6 Å². The van der Waals surface area contributed by atoms with Crippen molar-refractivity contribution in [2.45, 2.75) is 61.3 Å². The molecule has 2 bridgehead atoms. The predicted molar refractivity (Wildman–Crippen MR) is 130 cm³/mol. The standard InChI is InChI=1S/C26H23F4N5O3S/c27-18-3-5-20(6-4-18)39(37,38)35-19-7-15(8-19)23(35)24(36)32-10-16-9-22(31-13-21(16)14-1-2-14)17-11-33-25(34-12-17)26(28,29)30/h3-6,9,11-15,19,23H,1-2,7-8,10H2,(H,32,36). The van der Waals surface area contributed by atoms with E-state index in [1.807, 2.05) is 0 Å². The molecule has 1 N–H and O–H groups in total. The smallest absolute Gasteiger partial charge is 0.351 e. The zero-order chi connectivity index (χ0) is 27.5. The monoisotopic (exact) mass is 561 g/mol. The molecule has 39 heavy (non-hydrogen) atoms. The topological polar surface area (TPSA) is 105 Å². The first-order valence-corrected chi connectivity index (χ1v) is 13.9. The van der Waals surface area contributed by atoms with Crippen molar-refractivity contribution in [2.24, 2.45) is 5.92 Å². The fourth-order valence-corrected chi connectivity index (χ4v) is 7.26. The molecule has 4 fully saturated rings. The lowest BCUT2D eigenvalue weighted by atomic mass is 9.83. The molecule has 0 spiro atoms. The second-order valence-electron chi connectivity index (χ2n) is 10.2. The second-order valence-corrected chi connectivity index (χ2v) is 12.0. The summed E-state index contributed by atoms with van der Waals surface area (Å²) in [7, 11) is -4.01. The maximum Gasteiger partial charge on any atom is 0.451 e. The second kappa shape index (κ2) is 9.33. The number of fused-ring (bicyclic) bond motifs is 1. The van der Waals surface area contributed by atoms with E-state index in [1.54, 1.807) is 12.3 Å². The van der Waals surface area contributed by atoms with Crippen molar-refractivity contribution < 1.29 is 30.8 Å². The van der Waals surface area contributed by atoms with Gasteiger partial charge in [0.1, 0.15) is 11.9 Å². The minimum Gasteiger partial charge on any atom is -0.351 e. The summed E-state index contributed by atoms with van der Waals surface area (Å²) in [5, 5.41) is 2.88. The van der Waals surface area contributed by atoms with Gasteiger partial charge < -0.3 is 5.32 Å². The zero-order valence-electron chi connectivity index (χ0n) is 20.4. The maximum absolute atomic E-state index is 13.4. The molecule has 3 aromatic rings. The number of alkyl halides is 3. The Morgan fingerprint density at radius 2 is 1.69 bits per heavy atom. The molecule has 1 unspecified atom stereocenters. The van der Waals surface area contributed by atoms with Gasteiger partial charge in [0.2, 0.25) is 21.8 Å². The van der Waals surface area contributed by atoms with E-state index >= 15 is 0 Å². The minimum atomic E-state index is -4.66. The van der Waals surface area contributed by atoms with E-state index in [2.05, 4.69) is 20.3 Å². The Kier molecular flexibility index (Phi) is 6.18. The summed E-state index contributed by atoms with van der Waals surface area (Å²) in [5.41, 5.74) is 2.33. The highest BCUT2D eigenvalue weighted by molar-refractivity contribution is 7.89. The molecule has 1 aromatic carbocycles. The lowest BCUT2D eigenvalue weighted by molar-refractivity contribution is -0.145. The quantitative estimate of drug-likeness (QED) is 0.437. The van der Waals surface area contributed by atoms with Crippen LogP contribution in [0.1, 0.15) is 48.6 Å². The number of hydrogen-bond acceptors (Lipinski definition) is 6. The number of rotatable bonds is 7. The average molecular weight is 562 g/mol. The predicted octanol–water partition coefficient (Wildman–Crippen LogP) is 4.04. The van der Waals surface area contributed by atoms with E-state index < -0.39 is 39.8 Å². The number of amides is 1. The summed E-state index contributed by atoms with van der Waals surface area (Å²) in [4.78, 5) is 24.5. The molecule has 2 saturated heterocycles. The van der Waals surface area contributed by atoms with Gasteiger partial charge in [0, 0.05) is 36.7 Å². The first-order chi connectivity index (χ1) is 18.5. The number of benzene rings is 1. The molecule has 204 valence electrons. The number of nitrogens with one attached hydrogen (secondary N) is 1. The first-order valence-electron chi connectivity index (χ1n) is 12.5. The van der Waals surface area contributed by atoms with Gasteiger partial charge in [0.25, 0.3) is 0 Å². The summed E-state index contributed by atoms with van der Waals surface area (Å²) >= 11 is 0. The summed E-state index contributed by atoms with van der Waals surface area (Å²) in [6.45, 7) is 0.0972. The van der Waals surface area contributed by atoms with E-state index in [4.69, 9.17) is 0 Å². The Labute approximate surface area is 221 Å². The number of carbonyl (C=O) groups excluding carboxylic acids is 1. The van der Waals surface area contributed by atoms with Crippen molar-refractivity contribution >= 4 is 15.9 Å². The molecule has 2 aliphatic heterocycles. The number of halogens is 4. The Balaban J connectivity index is 1.22. The Morgan fingerprint density at radius 3 is 2.31 bits per heavy atom. The summed E-state index contributed by atoms with van der Waals surface area (Å²) in [6, 6.07) is 5.08. The molecule has 7 rings (SSSR count). The highest BCUT2D eigenvalue weighted by Gasteiger charge is 2.58. The average Bonchev–Trinajstić information content (AvgIpc) is 3.55. The molecule has 2 aliphatic carbocycles. The first kappa shape index (κ1) is 25.8. The molecule has 0 radical (unpaired) electrons. The van der Waals surface area contributed by atoms with Gasteiger partial charge in [-0.25, -0.2) is 22.8 Å². The lowest BCUT2D eigenvalue weighted by Crippen LogP contribution is -2.46. The van der Waals surface area contributed by atoms with Crippen LogP contribution in [-0.2, 0) is 27.5 Å². The Hall–Kier alpha value is -3.45. The number of pyridine rings is 1. The van der Waals surface area contributed by atoms with Crippen molar-refractivity contribution in [3.05, 3.63) is 71.7 Å². The molecule has 13 heteroatoms. The fourth-order valence-electron chi connectivity index (χ4n) is 5.41. The van der Waals surface area contributed by atoms with Crippen molar-refractivity contribution in [3.8, 4) is 11.3 Å². The van der Waals surface area contributed by atoms with Crippen LogP contribution >= 0.6 is 0 Å². The SMILES string of the molecule is O=C(NCc1cc(-c2cnc(C(F)(F)F)nc2)ncc1C1CC1)C1C2CC(C2)N1S(=O)(=O)c1ccc(F)cc1. The highest BCUT2D eigenvalue weighted by atomic mass is 32.2. The van der Waals surface area contributed by atoms with Crippen molar-refractivity contribution in [2.75, 3.05) is 0 Å². The largest absolute Gasteiger partial charge is 0.451 e. The number of aromatic nitrogens is 3. The van der Waals surface area contributed by atoms with Crippen LogP contribution in [0.25, 0.3) is 11.3 Å². The van der Waals surface area contributed by atoms with Gasteiger partial charge in [0.15, 0.2) is 0 Å². The Morgan fingerprint density at radius 1 is 1.03 bits per heavy atom. The van der Waals surface area contributed by atoms with Crippen molar-refractivity contribution in [3.63, 3.8) is 0 Å². The third-order valence-corrected chi connectivity index (χ3v) is 9.53. The van der Waals surface area contributed by atoms with E-state index in [0.29, 0.717) is 24.1 Å². The van der Waals surface area contributed by atoms with Gasteiger partial charge in [-0.05, 0) is 79.0 Å². The molecular formula is C26H23F4N5O3S. The molecule has 2 aromatic heterocycles.